The molecular weight excluding hydrogens is 385 g/mol. The van der Waals surface area contributed by atoms with Crippen LogP contribution in [-0.2, 0) is 28.9 Å². The third-order valence-corrected chi connectivity index (χ3v) is 5.84. The number of amidine groups is 1. The Kier molecular flexibility index (Phi) is 5.28. The fourth-order valence-corrected chi connectivity index (χ4v) is 4.35. The predicted molar refractivity (Wildman–Crippen MR) is 113 cm³/mol. The summed E-state index contributed by atoms with van der Waals surface area (Å²) in [7, 11) is 0. The van der Waals surface area contributed by atoms with Gasteiger partial charge in [-0.25, -0.2) is 4.39 Å². The van der Waals surface area contributed by atoms with Gasteiger partial charge in [0.15, 0.2) is 17.4 Å². The molecule has 3 N–H and O–H groups in total. The summed E-state index contributed by atoms with van der Waals surface area (Å²) >= 11 is 0. The van der Waals surface area contributed by atoms with Gasteiger partial charge >= 0.3 is 0 Å². The lowest BCUT2D eigenvalue weighted by Crippen LogP contribution is -2.35. The number of fused-ring (bicyclic) bond motifs is 1. The molecular formula is C23H24FN3O3. The third kappa shape index (κ3) is 3.79. The number of anilines is 1. The molecule has 30 heavy (non-hydrogen) atoms. The average Bonchev–Trinajstić information content (AvgIpc) is 3.15. The molecule has 2 amide bonds. The first-order chi connectivity index (χ1) is 14.3. The number of benzene rings is 2. The van der Waals surface area contributed by atoms with Gasteiger partial charge in [-0.05, 0) is 92.0 Å². The molecule has 6 nitrogen and oxygen atoms in total. The van der Waals surface area contributed by atoms with E-state index < -0.39 is 11.7 Å². The van der Waals surface area contributed by atoms with E-state index in [1.807, 2.05) is 26.0 Å². The molecule has 2 aliphatic rings. The molecule has 0 saturated carbocycles. The molecule has 0 saturated heterocycles. The number of amides is 2. The van der Waals surface area contributed by atoms with Crippen LogP contribution < -0.4 is 10.6 Å². The molecule has 1 aliphatic heterocycles. The molecule has 0 aromatic heterocycles. The number of phenolic OH excluding ortho intramolecular Hbond substituents is 1. The number of aliphatic imine (C=N–C) groups is 1. The van der Waals surface area contributed by atoms with Crippen LogP contribution in [0.2, 0.25) is 0 Å². The van der Waals surface area contributed by atoms with E-state index in [9.17, 15) is 19.1 Å². The third-order valence-electron chi connectivity index (χ3n) is 5.84. The number of hydrogen-bond acceptors (Lipinski definition) is 4. The highest BCUT2D eigenvalue weighted by molar-refractivity contribution is 6.45. The molecule has 0 bridgehead atoms. The van der Waals surface area contributed by atoms with Crippen molar-refractivity contribution in [3.8, 4) is 5.75 Å². The van der Waals surface area contributed by atoms with E-state index in [0.29, 0.717) is 18.5 Å². The highest BCUT2D eigenvalue weighted by Gasteiger charge is 2.23. The monoisotopic (exact) mass is 409 g/mol. The molecule has 0 unspecified atom stereocenters. The second kappa shape index (κ2) is 7.89. The van der Waals surface area contributed by atoms with Gasteiger partial charge < -0.3 is 15.7 Å². The van der Waals surface area contributed by atoms with Gasteiger partial charge in [-0.1, -0.05) is 0 Å². The van der Waals surface area contributed by atoms with Crippen molar-refractivity contribution in [3.05, 3.63) is 57.4 Å². The van der Waals surface area contributed by atoms with Crippen LogP contribution >= 0.6 is 0 Å². The van der Waals surface area contributed by atoms with E-state index in [4.69, 9.17) is 0 Å². The van der Waals surface area contributed by atoms with Crippen molar-refractivity contribution >= 4 is 23.3 Å². The van der Waals surface area contributed by atoms with Crippen LogP contribution in [0.5, 0.6) is 5.75 Å². The summed E-state index contributed by atoms with van der Waals surface area (Å²) in [5.74, 6) is -1.51. The molecule has 156 valence electrons. The zero-order valence-electron chi connectivity index (χ0n) is 17.1. The summed E-state index contributed by atoms with van der Waals surface area (Å²) in [5.41, 5.74) is 6.34. The van der Waals surface area contributed by atoms with Crippen LogP contribution in [0, 0.1) is 19.7 Å². The number of nitrogens with one attached hydrogen (secondary N) is 2. The number of carbonyl (C=O) groups excluding carboxylic acids is 2. The van der Waals surface area contributed by atoms with Gasteiger partial charge in [-0.3, -0.25) is 14.6 Å². The van der Waals surface area contributed by atoms with E-state index in [1.54, 1.807) is 0 Å². The SMILES string of the molecule is Cc1cc(NC(=O)C2=NCC(=O)N2)cc(C)c1Cc1cc(F)c(O)c2c1CCCC2. The standard InChI is InChI=1S/C23H24FN3O3/c1-12-7-15(26-23(30)22-25-11-20(28)27-22)8-13(2)18(12)9-14-10-19(24)21(29)17-6-4-3-5-16(14)17/h7-8,10,29H,3-6,9,11H2,1-2H3,(H,26,30)(H,25,27,28). The maximum absolute atomic E-state index is 14.3. The largest absolute Gasteiger partial charge is 0.505 e. The first kappa shape index (κ1) is 20.1. The summed E-state index contributed by atoms with van der Waals surface area (Å²) in [6.07, 6.45) is 4.11. The van der Waals surface area contributed by atoms with E-state index in [1.165, 1.54) is 6.07 Å². The van der Waals surface area contributed by atoms with Gasteiger partial charge in [0.2, 0.25) is 5.91 Å². The van der Waals surface area contributed by atoms with E-state index in [0.717, 1.165) is 52.6 Å². The molecule has 1 aliphatic carbocycles. The van der Waals surface area contributed by atoms with Crippen molar-refractivity contribution in [1.29, 1.82) is 0 Å². The maximum Gasteiger partial charge on any atom is 0.291 e. The highest BCUT2D eigenvalue weighted by Crippen LogP contribution is 2.35. The Morgan fingerprint density at radius 2 is 1.83 bits per heavy atom. The number of halogens is 1. The molecule has 0 fully saturated rings. The Bertz CT molecular complexity index is 1070. The van der Waals surface area contributed by atoms with Crippen LogP contribution in [0.15, 0.2) is 23.2 Å². The second-order valence-corrected chi connectivity index (χ2v) is 7.96. The fraction of sp³-hybridized carbons (Fsp3) is 0.348. The Balaban J connectivity index is 1.60. The number of carbonyl (C=O) groups is 2. The molecule has 0 spiro atoms. The summed E-state index contributed by atoms with van der Waals surface area (Å²) in [6.45, 7) is 3.87. The Hall–Kier alpha value is -3.22. The van der Waals surface area contributed by atoms with Crippen molar-refractivity contribution in [2.45, 2.75) is 46.0 Å². The highest BCUT2D eigenvalue weighted by atomic mass is 19.1. The van der Waals surface area contributed by atoms with Crippen molar-refractivity contribution in [2.24, 2.45) is 4.99 Å². The Morgan fingerprint density at radius 1 is 1.17 bits per heavy atom. The predicted octanol–water partition coefficient (Wildman–Crippen LogP) is 3.08. The van der Waals surface area contributed by atoms with E-state index in [2.05, 4.69) is 15.6 Å². The molecule has 7 heteroatoms. The summed E-state index contributed by atoms with van der Waals surface area (Å²) in [5, 5.41) is 15.3. The lowest BCUT2D eigenvalue weighted by molar-refractivity contribution is -0.118. The molecule has 2 aromatic carbocycles. The molecule has 0 atom stereocenters. The number of phenols is 1. The zero-order valence-corrected chi connectivity index (χ0v) is 17.1. The smallest absolute Gasteiger partial charge is 0.291 e. The molecule has 1 heterocycles. The van der Waals surface area contributed by atoms with Gasteiger partial charge in [0.05, 0.1) is 0 Å². The fourth-order valence-electron chi connectivity index (χ4n) is 4.35. The normalized spacial score (nSPS) is 15.4. The summed E-state index contributed by atoms with van der Waals surface area (Å²) in [4.78, 5) is 27.4. The van der Waals surface area contributed by atoms with Crippen LogP contribution in [0.4, 0.5) is 10.1 Å². The van der Waals surface area contributed by atoms with Gasteiger partial charge in [0.25, 0.3) is 5.91 Å². The van der Waals surface area contributed by atoms with Crippen molar-refractivity contribution in [2.75, 3.05) is 11.9 Å². The topological polar surface area (TPSA) is 90.8 Å². The lowest BCUT2D eigenvalue weighted by Gasteiger charge is -2.22. The number of rotatable bonds is 4. The van der Waals surface area contributed by atoms with Gasteiger partial charge in [0.1, 0.15) is 6.54 Å². The molecule has 2 aromatic rings. The number of aryl methyl sites for hydroxylation is 2. The Labute approximate surface area is 174 Å². The number of nitrogens with zero attached hydrogens (tertiary/aromatic N) is 1. The van der Waals surface area contributed by atoms with Gasteiger partial charge in [-0.2, -0.15) is 0 Å². The number of aromatic hydroxyl groups is 1. The minimum Gasteiger partial charge on any atom is -0.505 e. The first-order valence-electron chi connectivity index (χ1n) is 10.1. The second-order valence-electron chi connectivity index (χ2n) is 7.96. The minimum atomic E-state index is -0.566. The Morgan fingerprint density at radius 3 is 2.47 bits per heavy atom. The van der Waals surface area contributed by atoms with E-state index in [-0.39, 0.29) is 24.0 Å². The van der Waals surface area contributed by atoms with Crippen molar-refractivity contribution in [1.82, 2.24) is 5.32 Å². The van der Waals surface area contributed by atoms with Crippen LogP contribution in [0.3, 0.4) is 0 Å². The molecule has 4 rings (SSSR count). The van der Waals surface area contributed by atoms with Crippen LogP contribution in [0.25, 0.3) is 0 Å². The van der Waals surface area contributed by atoms with Gasteiger partial charge in [0, 0.05) is 11.3 Å². The van der Waals surface area contributed by atoms with Crippen molar-refractivity contribution in [3.63, 3.8) is 0 Å². The average molecular weight is 409 g/mol. The van der Waals surface area contributed by atoms with Crippen LogP contribution in [-0.4, -0.2) is 29.3 Å². The zero-order chi connectivity index (χ0) is 21.4. The number of hydrogen-bond donors (Lipinski definition) is 3. The lowest BCUT2D eigenvalue weighted by atomic mass is 9.84. The summed E-state index contributed by atoms with van der Waals surface area (Å²) < 4.78 is 14.3. The molecule has 0 radical (unpaired) electrons. The van der Waals surface area contributed by atoms with E-state index >= 15 is 0 Å². The maximum atomic E-state index is 14.3. The van der Waals surface area contributed by atoms with Crippen molar-refractivity contribution < 1.29 is 19.1 Å². The quantitative estimate of drug-likeness (QED) is 0.725. The minimum absolute atomic E-state index is 0.0191. The van der Waals surface area contributed by atoms with Crippen LogP contribution in [0.1, 0.15) is 46.2 Å². The summed E-state index contributed by atoms with van der Waals surface area (Å²) in [6, 6.07) is 5.18. The van der Waals surface area contributed by atoms with Gasteiger partial charge in [-0.15, -0.1) is 0 Å². The first-order valence-corrected chi connectivity index (χ1v) is 10.1.